The van der Waals surface area contributed by atoms with Crippen molar-refractivity contribution in [2.75, 3.05) is 5.73 Å². The van der Waals surface area contributed by atoms with Crippen LogP contribution in [-0.2, 0) is 0 Å². The summed E-state index contributed by atoms with van der Waals surface area (Å²) in [5.41, 5.74) is 5.27. The first-order valence-corrected chi connectivity index (χ1v) is 2.55. The van der Waals surface area contributed by atoms with E-state index in [2.05, 4.69) is 4.98 Å². The van der Waals surface area contributed by atoms with Gasteiger partial charge in [0.15, 0.2) is 0 Å². The number of anilines is 1. The van der Waals surface area contributed by atoms with Gasteiger partial charge in [0.05, 0.1) is 11.3 Å². The highest BCUT2D eigenvalue weighted by Gasteiger charge is 1.98. The normalized spacial score (nSPS) is 8.80. The van der Waals surface area contributed by atoms with Crippen molar-refractivity contribution in [1.29, 1.82) is 5.26 Å². The van der Waals surface area contributed by atoms with Crippen molar-refractivity contribution in [3.8, 4) is 6.07 Å². The quantitative estimate of drug-likeness (QED) is 0.534. The van der Waals surface area contributed by atoms with Gasteiger partial charge in [-0.25, -0.2) is 4.98 Å². The van der Waals surface area contributed by atoms with Crippen LogP contribution < -0.4 is 5.73 Å². The van der Waals surface area contributed by atoms with Crippen molar-refractivity contribution < 1.29 is 4.39 Å². The molecule has 0 saturated heterocycles. The number of hydrogen-bond donors (Lipinski definition) is 1. The number of nitrogen functional groups attached to an aromatic ring is 1. The molecule has 0 unspecified atom stereocenters. The Balaban J connectivity index is 3.20. The van der Waals surface area contributed by atoms with Crippen LogP contribution in [0.3, 0.4) is 0 Å². The molecule has 0 atom stereocenters. The molecule has 0 radical (unpaired) electrons. The summed E-state index contributed by atoms with van der Waals surface area (Å²) in [6.45, 7) is 0. The van der Waals surface area contributed by atoms with E-state index < -0.39 is 5.95 Å². The monoisotopic (exact) mass is 137 g/mol. The van der Waals surface area contributed by atoms with Gasteiger partial charge in [0, 0.05) is 6.20 Å². The van der Waals surface area contributed by atoms with Crippen LogP contribution in [0.15, 0.2) is 12.3 Å². The van der Waals surface area contributed by atoms with Crippen LogP contribution in [-0.4, -0.2) is 4.98 Å². The molecule has 0 amide bonds. The van der Waals surface area contributed by atoms with E-state index in [0.717, 1.165) is 6.20 Å². The molecule has 1 heterocycles. The average molecular weight is 137 g/mol. The maximum absolute atomic E-state index is 12.3. The number of nitrogens with zero attached hydrogens (tertiary/aromatic N) is 2. The van der Waals surface area contributed by atoms with Crippen LogP contribution in [0.1, 0.15) is 5.56 Å². The Kier molecular flexibility index (Phi) is 1.50. The maximum atomic E-state index is 12.3. The molecule has 0 aromatic carbocycles. The van der Waals surface area contributed by atoms with Gasteiger partial charge in [0.2, 0.25) is 5.95 Å². The Labute approximate surface area is 56.9 Å². The minimum absolute atomic E-state index is 0.0981. The second-order valence-corrected chi connectivity index (χ2v) is 1.72. The average Bonchev–Trinajstić information content (AvgIpc) is 1.95. The molecule has 0 spiro atoms. The minimum atomic E-state index is -0.737. The van der Waals surface area contributed by atoms with Crippen molar-refractivity contribution in [1.82, 2.24) is 4.98 Å². The van der Waals surface area contributed by atoms with Crippen molar-refractivity contribution in [2.24, 2.45) is 0 Å². The van der Waals surface area contributed by atoms with Crippen LogP contribution in [0.25, 0.3) is 0 Å². The number of nitriles is 1. The number of pyridine rings is 1. The summed E-state index contributed by atoms with van der Waals surface area (Å²) < 4.78 is 12.3. The van der Waals surface area contributed by atoms with Gasteiger partial charge < -0.3 is 5.73 Å². The van der Waals surface area contributed by atoms with Crippen LogP contribution >= 0.6 is 0 Å². The molecular formula is C6H4FN3. The molecule has 0 aliphatic carbocycles. The first kappa shape index (κ1) is 6.49. The lowest BCUT2D eigenvalue weighted by atomic mass is 10.3. The van der Waals surface area contributed by atoms with Crippen molar-refractivity contribution >= 4 is 5.69 Å². The van der Waals surface area contributed by atoms with E-state index in [0.29, 0.717) is 0 Å². The SMILES string of the molecule is N#Cc1cnc(F)c(N)c1. The van der Waals surface area contributed by atoms with Crippen LogP contribution in [0, 0.1) is 17.3 Å². The van der Waals surface area contributed by atoms with E-state index in [1.165, 1.54) is 6.07 Å². The third-order valence-electron chi connectivity index (χ3n) is 0.995. The third-order valence-corrected chi connectivity index (χ3v) is 0.995. The maximum Gasteiger partial charge on any atom is 0.236 e. The molecule has 3 nitrogen and oxygen atoms in total. The summed E-state index contributed by atoms with van der Waals surface area (Å²) in [4.78, 5) is 3.24. The summed E-state index contributed by atoms with van der Waals surface area (Å²) in [6.07, 6.45) is 1.13. The van der Waals surface area contributed by atoms with Crippen molar-refractivity contribution in [3.05, 3.63) is 23.8 Å². The highest BCUT2D eigenvalue weighted by Crippen LogP contribution is 2.07. The Hall–Kier alpha value is -1.63. The van der Waals surface area contributed by atoms with Crippen LogP contribution in [0.5, 0.6) is 0 Å². The molecule has 1 aromatic heterocycles. The van der Waals surface area contributed by atoms with E-state index >= 15 is 0 Å². The van der Waals surface area contributed by atoms with Crippen LogP contribution in [0.4, 0.5) is 10.1 Å². The summed E-state index contributed by atoms with van der Waals surface area (Å²) in [5.74, 6) is -0.737. The van der Waals surface area contributed by atoms with E-state index in [-0.39, 0.29) is 11.3 Å². The number of hydrogen-bond acceptors (Lipinski definition) is 3. The lowest BCUT2D eigenvalue weighted by molar-refractivity contribution is 0.588. The molecule has 50 valence electrons. The zero-order valence-corrected chi connectivity index (χ0v) is 5.00. The summed E-state index contributed by atoms with van der Waals surface area (Å²) >= 11 is 0. The predicted molar refractivity (Wildman–Crippen MR) is 33.3 cm³/mol. The molecule has 0 aliphatic rings. The minimum Gasteiger partial charge on any atom is -0.395 e. The first-order valence-electron chi connectivity index (χ1n) is 2.55. The number of nitrogens with two attached hydrogens (primary N) is 1. The highest BCUT2D eigenvalue weighted by atomic mass is 19.1. The predicted octanol–water partition coefficient (Wildman–Crippen LogP) is 0.675. The van der Waals surface area contributed by atoms with Gasteiger partial charge in [-0.1, -0.05) is 0 Å². The molecule has 0 fully saturated rings. The summed E-state index contributed by atoms with van der Waals surface area (Å²) in [6, 6.07) is 3.02. The number of rotatable bonds is 0. The molecule has 2 N–H and O–H groups in total. The standard InChI is InChI=1S/C6H4FN3/c7-6-5(9)1-4(2-8)3-10-6/h1,3H,9H2. The van der Waals surface area contributed by atoms with Gasteiger partial charge in [-0.3, -0.25) is 0 Å². The molecule has 4 heteroatoms. The molecule has 0 bridgehead atoms. The van der Waals surface area contributed by atoms with Gasteiger partial charge in [0.25, 0.3) is 0 Å². The fourth-order valence-corrected chi connectivity index (χ4v) is 0.526. The highest BCUT2D eigenvalue weighted by molar-refractivity contribution is 5.42. The molecule has 0 saturated carbocycles. The third kappa shape index (κ3) is 1.03. The van der Waals surface area contributed by atoms with Gasteiger partial charge >= 0.3 is 0 Å². The molecule has 0 aliphatic heterocycles. The van der Waals surface area contributed by atoms with Gasteiger partial charge in [-0.15, -0.1) is 0 Å². The second-order valence-electron chi connectivity index (χ2n) is 1.72. The smallest absolute Gasteiger partial charge is 0.236 e. The second kappa shape index (κ2) is 2.31. The van der Waals surface area contributed by atoms with Gasteiger partial charge in [-0.05, 0) is 6.07 Å². The molecular weight excluding hydrogens is 133 g/mol. The van der Waals surface area contributed by atoms with E-state index in [1.54, 1.807) is 6.07 Å². The zero-order valence-electron chi connectivity index (χ0n) is 5.00. The summed E-state index contributed by atoms with van der Waals surface area (Å²) in [7, 11) is 0. The number of aromatic nitrogens is 1. The van der Waals surface area contributed by atoms with Gasteiger partial charge in [-0.2, -0.15) is 9.65 Å². The Morgan fingerprint density at radius 1 is 1.70 bits per heavy atom. The Bertz CT molecular complexity index is 290. The fraction of sp³-hybridized carbons (Fsp3) is 0. The van der Waals surface area contributed by atoms with Crippen molar-refractivity contribution in [2.45, 2.75) is 0 Å². The first-order chi connectivity index (χ1) is 4.74. The number of halogens is 1. The molecule has 10 heavy (non-hydrogen) atoms. The zero-order chi connectivity index (χ0) is 7.56. The van der Waals surface area contributed by atoms with Gasteiger partial charge in [0.1, 0.15) is 6.07 Å². The topological polar surface area (TPSA) is 62.7 Å². The fourth-order valence-electron chi connectivity index (χ4n) is 0.526. The van der Waals surface area contributed by atoms with E-state index in [1.807, 2.05) is 0 Å². The van der Waals surface area contributed by atoms with E-state index in [9.17, 15) is 4.39 Å². The van der Waals surface area contributed by atoms with E-state index in [4.69, 9.17) is 11.0 Å². The lowest BCUT2D eigenvalue weighted by Crippen LogP contribution is -1.93. The molecule has 1 rings (SSSR count). The molecule has 1 aromatic rings. The van der Waals surface area contributed by atoms with Crippen molar-refractivity contribution in [3.63, 3.8) is 0 Å². The Morgan fingerprint density at radius 2 is 2.40 bits per heavy atom. The largest absolute Gasteiger partial charge is 0.395 e. The lowest BCUT2D eigenvalue weighted by Gasteiger charge is -1.92. The summed E-state index contributed by atoms with van der Waals surface area (Å²) in [5, 5.41) is 8.28. The van der Waals surface area contributed by atoms with Crippen LogP contribution in [0.2, 0.25) is 0 Å². The Morgan fingerprint density at radius 3 is 2.90 bits per heavy atom.